The number of hydrogen-bond donors (Lipinski definition) is 1. The Labute approximate surface area is 117 Å². The predicted octanol–water partition coefficient (Wildman–Crippen LogP) is 2.69. The van der Waals surface area contributed by atoms with Crippen molar-refractivity contribution in [3.8, 4) is 0 Å². The molecule has 2 atom stereocenters. The Hall–Kier alpha value is -0.260. The van der Waals surface area contributed by atoms with Crippen molar-refractivity contribution < 1.29 is 0 Å². The topological polar surface area (TPSA) is 37.8 Å². The Morgan fingerprint density at radius 1 is 1.22 bits per heavy atom. The molecule has 0 saturated carbocycles. The predicted molar refractivity (Wildman–Crippen MR) is 79.0 cm³/mol. The van der Waals surface area contributed by atoms with E-state index < -0.39 is 0 Å². The molecule has 0 spiro atoms. The van der Waals surface area contributed by atoms with Crippen LogP contribution in [0.1, 0.15) is 41.4 Å². The lowest BCUT2D eigenvalue weighted by Crippen LogP contribution is -2.21. The van der Waals surface area contributed by atoms with Gasteiger partial charge >= 0.3 is 0 Å². The van der Waals surface area contributed by atoms with Gasteiger partial charge in [0.15, 0.2) is 0 Å². The van der Waals surface area contributed by atoms with Gasteiger partial charge in [0.25, 0.3) is 0 Å². The van der Waals surface area contributed by atoms with Gasteiger partial charge in [0.2, 0.25) is 0 Å². The molecular formula is C13H19N3S2. The number of hydrogen-bond acceptors (Lipinski definition) is 5. The Morgan fingerprint density at radius 3 is 2.89 bits per heavy atom. The van der Waals surface area contributed by atoms with E-state index in [9.17, 15) is 0 Å². The summed E-state index contributed by atoms with van der Waals surface area (Å²) >= 11 is 4.13. The molecule has 5 heteroatoms. The highest BCUT2D eigenvalue weighted by molar-refractivity contribution is 8.06. The standard InChI is InChI=1S/C13H19N3S2/c1-3-11-12(18-5-4-17-11)13-15-8(2)9-6-14-7-10(9)16-13/h11-12,14H,3-7H2,1-2H3. The average Bonchev–Trinajstić information content (AvgIpc) is 2.87. The molecule has 1 aromatic heterocycles. The van der Waals surface area contributed by atoms with E-state index in [4.69, 9.17) is 9.97 Å². The van der Waals surface area contributed by atoms with Crippen LogP contribution in [0.5, 0.6) is 0 Å². The first-order valence-corrected chi connectivity index (χ1v) is 8.69. The maximum atomic E-state index is 4.83. The quantitative estimate of drug-likeness (QED) is 0.902. The Kier molecular flexibility index (Phi) is 3.82. The van der Waals surface area contributed by atoms with Crippen LogP contribution >= 0.6 is 23.5 Å². The highest BCUT2D eigenvalue weighted by Crippen LogP contribution is 2.43. The van der Waals surface area contributed by atoms with Crippen LogP contribution in [0, 0.1) is 6.92 Å². The van der Waals surface area contributed by atoms with Gasteiger partial charge in [0.05, 0.1) is 10.9 Å². The van der Waals surface area contributed by atoms with E-state index in [-0.39, 0.29) is 0 Å². The van der Waals surface area contributed by atoms with Crippen molar-refractivity contribution >= 4 is 23.5 Å². The molecule has 0 aromatic carbocycles. The van der Waals surface area contributed by atoms with Crippen molar-refractivity contribution in [1.82, 2.24) is 15.3 Å². The van der Waals surface area contributed by atoms with Gasteiger partial charge in [0.1, 0.15) is 5.82 Å². The molecule has 0 radical (unpaired) electrons. The molecule has 18 heavy (non-hydrogen) atoms. The molecule has 3 heterocycles. The van der Waals surface area contributed by atoms with Crippen LogP contribution in [-0.4, -0.2) is 26.7 Å². The second-order valence-electron chi connectivity index (χ2n) is 4.80. The van der Waals surface area contributed by atoms with Gasteiger partial charge in [-0.25, -0.2) is 9.97 Å². The molecule has 0 amide bonds. The third kappa shape index (κ3) is 2.28. The first kappa shape index (κ1) is 12.8. The highest BCUT2D eigenvalue weighted by Gasteiger charge is 2.30. The van der Waals surface area contributed by atoms with Gasteiger partial charge in [-0.2, -0.15) is 11.8 Å². The summed E-state index contributed by atoms with van der Waals surface area (Å²) < 4.78 is 0. The van der Waals surface area contributed by atoms with E-state index in [2.05, 4.69) is 30.9 Å². The van der Waals surface area contributed by atoms with Gasteiger partial charge in [-0.3, -0.25) is 0 Å². The lowest BCUT2D eigenvalue weighted by molar-refractivity contribution is 0.731. The van der Waals surface area contributed by atoms with Gasteiger partial charge in [-0.15, -0.1) is 11.8 Å². The molecule has 3 nitrogen and oxygen atoms in total. The van der Waals surface area contributed by atoms with Crippen LogP contribution in [0.3, 0.4) is 0 Å². The summed E-state index contributed by atoms with van der Waals surface area (Å²) in [6.07, 6.45) is 1.21. The first-order valence-electron chi connectivity index (χ1n) is 6.59. The fourth-order valence-corrected chi connectivity index (χ4v) is 5.62. The molecule has 2 aliphatic heterocycles. The minimum Gasteiger partial charge on any atom is -0.307 e. The number of aromatic nitrogens is 2. The van der Waals surface area contributed by atoms with Crippen molar-refractivity contribution in [2.75, 3.05) is 11.5 Å². The van der Waals surface area contributed by atoms with Crippen molar-refractivity contribution in [1.29, 1.82) is 0 Å². The lowest BCUT2D eigenvalue weighted by Gasteiger charge is -2.29. The summed E-state index contributed by atoms with van der Waals surface area (Å²) in [6, 6.07) is 0. The Morgan fingerprint density at radius 2 is 2.06 bits per heavy atom. The maximum Gasteiger partial charge on any atom is 0.142 e. The number of thioether (sulfide) groups is 2. The van der Waals surface area contributed by atoms with Crippen LogP contribution in [0.25, 0.3) is 0 Å². The molecule has 98 valence electrons. The van der Waals surface area contributed by atoms with Gasteiger partial charge in [-0.1, -0.05) is 6.92 Å². The number of aryl methyl sites for hydroxylation is 1. The van der Waals surface area contributed by atoms with Gasteiger partial charge in [-0.05, 0) is 13.3 Å². The normalized spacial score (nSPS) is 27.2. The van der Waals surface area contributed by atoms with Crippen molar-refractivity contribution in [2.24, 2.45) is 0 Å². The lowest BCUT2D eigenvalue weighted by atomic mass is 10.1. The number of fused-ring (bicyclic) bond motifs is 1. The molecule has 3 rings (SSSR count). The molecule has 0 bridgehead atoms. The zero-order chi connectivity index (χ0) is 12.5. The zero-order valence-corrected chi connectivity index (χ0v) is 12.5. The fourth-order valence-electron chi connectivity index (χ4n) is 2.63. The zero-order valence-electron chi connectivity index (χ0n) is 10.9. The molecule has 0 aliphatic carbocycles. The molecular weight excluding hydrogens is 262 g/mol. The van der Waals surface area contributed by atoms with Crippen LogP contribution in [0.15, 0.2) is 0 Å². The van der Waals surface area contributed by atoms with E-state index in [0.717, 1.165) is 18.9 Å². The van der Waals surface area contributed by atoms with Gasteiger partial charge < -0.3 is 5.32 Å². The second kappa shape index (κ2) is 5.39. The fraction of sp³-hybridized carbons (Fsp3) is 0.692. The van der Waals surface area contributed by atoms with Gasteiger partial charge in [0, 0.05) is 41.1 Å². The van der Waals surface area contributed by atoms with Crippen LogP contribution in [0.4, 0.5) is 0 Å². The Bertz CT molecular complexity index is 450. The van der Waals surface area contributed by atoms with Crippen LogP contribution in [-0.2, 0) is 13.1 Å². The monoisotopic (exact) mass is 281 g/mol. The third-order valence-corrected chi connectivity index (χ3v) is 6.86. The number of nitrogens with zero attached hydrogens (tertiary/aromatic N) is 2. The molecule has 2 aliphatic rings. The average molecular weight is 281 g/mol. The maximum absolute atomic E-state index is 4.83. The van der Waals surface area contributed by atoms with E-state index in [1.54, 1.807) is 0 Å². The van der Waals surface area contributed by atoms with Crippen molar-refractivity contribution in [2.45, 2.75) is 43.9 Å². The highest BCUT2D eigenvalue weighted by atomic mass is 32.2. The number of rotatable bonds is 2. The van der Waals surface area contributed by atoms with E-state index >= 15 is 0 Å². The smallest absolute Gasteiger partial charge is 0.142 e. The summed E-state index contributed by atoms with van der Waals surface area (Å²) in [5.41, 5.74) is 3.72. The van der Waals surface area contributed by atoms with Crippen LogP contribution < -0.4 is 5.32 Å². The minimum atomic E-state index is 0.485. The summed E-state index contributed by atoms with van der Waals surface area (Å²) in [5.74, 6) is 3.56. The summed E-state index contributed by atoms with van der Waals surface area (Å²) in [6.45, 7) is 6.25. The van der Waals surface area contributed by atoms with E-state index in [1.807, 2.05) is 11.8 Å². The molecule has 1 N–H and O–H groups in total. The van der Waals surface area contributed by atoms with Crippen molar-refractivity contribution in [3.63, 3.8) is 0 Å². The van der Waals surface area contributed by atoms with E-state index in [1.165, 1.54) is 34.9 Å². The minimum absolute atomic E-state index is 0.485. The van der Waals surface area contributed by atoms with E-state index in [0.29, 0.717) is 10.5 Å². The second-order valence-corrected chi connectivity index (χ2v) is 7.40. The molecule has 2 unspecified atom stereocenters. The first-order chi connectivity index (χ1) is 8.79. The largest absolute Gasteiger partial charge is 0.307 e. The Balaban J connectivity index is 1.93. The summed E-state index contributed by atoms with van der Waals surface area (Å²) in [4.78, 5) is 9.61. The molecule has 1 aromatic rings. The summed E-state index contributed by atoms with van der Waals surface area (Å²) in [5, 5.41) is 4.53. The van der Waals surface area contributed by atoms with Crippen LogP contribution in [0.2, 0.25) is 0 Å². The number of nitrogens with one attached hydrogen (secondary N) is 1. The SMILES string of the molecule is CCC1SCCSC1c1nc(C)c2c(n1)CNC2. The molecule has 1 fully saturated rings. The molecule has 1 saturated heterocycles. The third-order valence-electron chi connectivity index (χ3n) is 3.62. The summed E-state index contributed by atoms with van der Waals surface area (Å²) in [7, 11) is 0. The van der Waals surface area contributed by atoms with Crippen molar-refractivity contribution in [3.05, 3.63) is 22.8 Å².